The number of benzene rings is 1. The van der Waals surface area contributed by atoms with E-state index in [0.717, 1.165) is 31.7 Å². The van der Waals surface area contributed by atoms with Crippen molar-refractivity contribution in [2.24, 2.45) is 0 Å². The molecule has 3 rings (SSSR count). The summed E-state index contributed by atoms with van der Waals surface area (Å²) in [4.78, 5) is 21.4. The van der Waals surface area contributed by atoms with Gasteiger partial charge in [0.05, 0.1) is 12.8 Å². The van der Waals surface area contributed by atoms with Crippen molar-refractivity contribution in [3.8, 4) is 11.5 Å². The van der Waals surface area contributed by atoms with Gasteiger partial charge in [0, 0.05) is 12.1 Å². The van der Waals surface area contributed by atoms with Crippen LogP contribution < -0.4 is 20.3 Å². The maximum absolute atomic E-state index is 11.9. The number of likely N-dealkylation sites (tertiary alicyclic amines) is 1. The highest BCUT2D eigenvalue weighted by Crippen LogP contribution is 2.18. The summed E-state index contributed by atoms with van der Waals surface area (Å²) in [5.41, 5.74) is 0.411. The third kappa shape index (κ3) is 4.96. The fourth-order valence-corrected chi connectivity index (χ4v) is 2.83. The van der Waals surface area contributed by atoms with Crippen LogP contribution in [0.1, 0.15) is 18.5 Å². The first-order valence-corrected chi connectivity index (χ1v) is 8.44. The molecule has 0 aliphatic carbocycles. The van der Waals surface area contributed by atoms with Gasteiger partial charge >= 0.3 is 0 Å². The molecule has 0 saturated carbocycles. The van der Waals surface area contributed by atoms with Gasteiger partial charge in [-0.1, -0.05) is 0 Å². The van der Waals surface area contributed by atoms with Crippen LogP contribution in [-0.2, 0) is 6.61 Å². The number of hydrogen-bond acceptors (Lipinski definition) is 6. The van der Waals surface area contributed by atoms with Gasteiger partial charge in [-0.05, 0) is 57.2 Å². The molecular formula is C18H24N4O3. The second-order valence-electron chi connectivity index (χ2n) is 6.27. The SMILES string of the molecule is COc1ccc(OCc2cc(=O)[nH]c(NC3CCN(C)CC3)n2)cc1. The molecule has 2 heterocycles. The number of H-pyrrole nitrogens is 1. The quantitative estimate of drug-likeness (QED) is 0.833. The van der Waals surface area contributed by atoms with Gasteiger partial charge in [-0.15, -0.1) is 0 Å². The van der Waals surface area contributed by atoms with Crippen LogP contribution in [0.4, 0.5) is 5.95 Å². The molecule has 134 valence electrons. The lowest BCUT2D eigenvalue weighted by Gasteiger charge is -2.29. The lowest BCUT2D eigenvalue weighted by Crippen LogP contribution is -2.37. The van der Waals surface area contributed by atoms with Crippen molar-refractivity contribution >= 4 is 5.95 Å². The molecule has 1 fully saturated rings. The van der Waals surface area contributed by atoms with Crippen LogP contribution in [0.3, 0.4) is 0 Å². The Morgan fingerprint density at radius 2 is 1.92 bits per heavy atom. The fourth-order valence-electron chi connectivity index (χ4n) is 2.83. The Hall–Kier alpha value is -2.54. The highest BCUT2D eigenvalue weighted by molar-refractivity contribution is 5.31. The molecule has 0 spiro atoms. The average molecular weight is 344 g/mol. The van der Waals surface area contributed by atoms with E-state index in [0.29, 0.717) is 23.4 Å². The molecule has 1 aliphatic rings. The number of anilines is 1. The van der Waals surface area contributed by atoms with E-state index < -0.39 is 0 Å². The fraction of sp³-hybridized carbons (Fsp3) is 0.444. The number of nitrogens with zero attached hydrogens (tertiary/aromatic N) is 2. The maximum Gasteiger partial charge on any atom is 0.252 e. The van der Waals surface area contributed by atoms with Gasteiger partial charge in [0.15, 0.2) is 0 Å². The molecule has 1 aromatic carbocycles. The van der Waals surface area contributed by atoms with Gasteiger partial charge in [-0.2, -0.15) is 0 Å². The first-order valence-electron chi connectivity index (χ1n) is 8.44. The summed E-state index contributed by atoms with van der Waals surface area (Å²) < 4.78 is 10.8. The van der Waals surface area contributed by atoms with Crippen molar-refractivity contribution in [1.29, 1.82) is 0 Å². The van der Waals surface area contributed by atoms with Crippen molar-refractivity contribution in [2.75, 3.05) is 32.6 Å². The van der Waals surface area contributed by atoms with E-state index in [9.17, 15) is 4.79 Å². The normalized spacial score (nSPS) is 15.8. The molecule has 1 aliphatic heterocycles. The zero-order valence-corrected chi connectivity index (χ0v) is 14.6. The predicted octanol–water partition coefficient (Wildman–Crippen LogP) is 1.86. The number of rotatable bonds is 6. The van der Waals surface area contributed by atoms with Crippen molar-refractivity contribution in [2.45, 2.75) is 25.5 Å². The minimum absolute atomic E-state index is 0.182. The van der Waals surface area contributed by atoms with E-state index in [1.165, 1.54) is 6.07 Å². The number of nitrogens with one attached hydrogen (secondary N) is 2. The predicted molar refractivity (Wildman–Crippen MR) is 96.3 cm³/mol. The number of aromatic nitrogens is 2. The Kier molecular flexibility index (Phi) is 5.55. The Bertz CT molecular complexity index is 737. The Balaban J connectivity index is 1.61. The van der Waals surface area contributed by atoms with Crippen LogP contribution in [0.25, 0.3) is 0 Å². The number of methoxy groups -OCH3 is 1. The summed E-state index contributed by atoms with van der Waals surface area (Å²) in [5.74, 6) is 1.98. The second kappa shape index (κ2) is 8.02. The van der Waals surface area contributed by atoms with E-state index in [1.54, 1.807) is 7.11 Å². The van der Waals surface area contributed by atoms with Crippen molar-refractivity contribution in [1.82, 2.24) is 14.9 Å². The van der Waals surface area contributed by atoms with E-state index in [2.05, 4.69) is 27.2 Å². The maximum atomic E-state index is 11.9. The standard InChI is InChI=1S/C18H24N4O3/c1-22-9-7-13(8-10-22)19-18-20-14(11-17(23)21-18)12-25-16-5-3-15(24-2)4-6-16/h3-6,11,13H,7-10,12H2,1-2H3,(H2,19,20,21,23). The van der Waals surface area contributed by atoms with Crippen molar-refractivity contribution in [3.05, 3.63) is 46.4 Å². The molecule has 0 unspecified atom stereocenters. The van der Waals surface area contributed by atoms with E-state index in [-0.39, 0.29) is 12.2 Å². The van der Waals surface area contributed by atoms with E-state index in [4.69, 9.17) is 9.47 Å². The summed E-state index contributed by atoms with van der Waals surface area (Å²) in [7, 11) is 3.74. The molecule has 0 radical (unpaired) electrons. The van der Waals surface area contributed by atoms with Crippen LogP contribution in [-0.4, -0.2) is 48.2 Å². The summed E-state index contributed by atoms with van der Waals surface area (Å²) in [5, 5.41) is 3.33. The minimum atomic E-state index is -0.182. The third-order valence-electron chi connectivity index (χ3n) is 4.30. The number of piperidine rings is 1. The van der Waals surface area contributed by atoms with E-state index >= 15 is 0 Å². The zero-order valence-electron chi connectivity index (χ0n) is 14.6. The van der Waals surface area contributed by atoms with Crippen LogP contribution in [0.5, 0.6) is 11.5 Å². The number of aromatic amines is 1. The number of hydrogen-bond donors (Lipinski definition) is 2. The molecule has 1 saturated heterocycles. The minimum Gasteiger partial charge on any atom is -0.497 e. The molecular weight excluding hydrogens is 320 g/mol. The van der Waals surface area contributed by atoms with Gasteiger partial charge in [0.25, 0.3) is 5.56 Å². The summed E-state index contributed by atoms with van der Waals surface area (Å²) in [6.07, 6.45) is 2.07. The Morgan fingerprint density at radius 3 is 2.60 bits per heavy atom. The van der Waals surface area contributed by atoms with Gasteiger partial charge in [-0.3, -0.25) is 9.78 Å². The Labute approximate surface area is 147 Å². The van der Waals surface area contributed by atoms with Crippen LogP contribution in [0.15, 0.2) is 35.1 Å². The topological polar surface area (TPSA) is 79.5 Å². The molecule has 2 N–H and O–H groups in total. The van der Waals surface area contributed by atoms with Crippen LogP contribution >= 0.6 is 0 Å². The highest BCUT2D eigenvalue weighted by atomic mass is 16.5. The first-order chi connectivity index (χ1) is 12.1. The smallest absolute Gasteiger partial charge is 0.252 e. The molecule has 2 aromatic rings. The third-order valence-corrected chi connectivity index (χ3v) is 4.30. The Morgan fingerprint density at radius 1 is 1.24 bits per heavy atom. The van der Waals surface area contributed by atoms with Gasteiger partial charge in [-0.25, -0.2) is 4.98 Å². The summed E-state index contributed by atoms with van der Waals surface area (Å²) in [6, 6.07) is 9.09. The molecule has 0 atom stereocenters. The lowest BCUT2D eigenvalue weighted by atomic mass is 10.1. The zero-order chi connectivity index (χ0) is 17.6. The van der Waals surface area contributed by atoms with Crippen molar-refractivity contribution < 1.29 is 9.47 Å². The van der Waals surface area contributed by atoms with Gasteiger partial charge in [0.1, 0.15) is 18.1 Å². The van der Waals surface area contributed by atoms with Crippen LogP contribution in [0, 0.1) is 0 Å². The van der Waals surface area contributed by atoms with Gasteiger partial charge in [0.2, 0.25) is 5.95 Å². The van der Waals surface area contributed by atoms with E-state index in [1.807, 2.05) is 24.3 Å². The highest BCUT2D eigenvalue weighted by Gasteiger charge is 2.17. The number of ether oxygens (including phenoxy) is 2. The molecule has 7 nitrogen and oxygen atoms in total. The monoisotopic (exact) mass is 344 g/mol. The molecule has 0 amide bonds. The summed E-state index contributed by atoms with van der Waals surface area (Å²) in [6.45, 7) is 2.32. The molecule has 7 heteroatoms. The average Bonchev–Trinajstić information content (AvgIpc) is 2.62. The van der Waals surface area contributed by atoms with Crippen molar-refractivity contribution in [3.63, 3.8) is 0 Å². The van der Waals surface area contributed by atoms with Gasteiger partial charge < -0.3 is 19.7 Å². The summed E-state index contributed by atoms with van der Waals surface area (Å²) >= 11 is 0. The molecule has 0 bridgehead atoms. The second-order valence-corrected chi connectivity index (χ2v) is 6.27. The molecule has 25 heavy (non-hydrogen) atoms. The largest absolute Gasteiger partial charge is 0.497 e. The molecule has 1 aromatic heterocycles. The first kappa shape index (κ1) is 17.3. The lowest BCUT2D eigenvalue weighted by molar-refractivity contribution is 0.263. The van der Waals surface area contributed by atoms with Crippen LogP contribution in [0.2, 0.25) is 0 Å².